The topological polar surface area (TPSA) is 50.4 Å². The molecule has 0 spiro atoms. The first kappa shape index (κ1) is 7.09. The number of pyridine rings is 1. The van der Waals surface area contributed by atoms with E-state index >= 15 is 0 Å². The van der Waals surface area contributed by atoms with E-state index in [1.807, 2.05) is 0 Å². The minimum absolute atomic E-state index is 0.0257. The zero-order valence-electron chi connectivity index (χ0n) is 6.36. The third kappa shape index (κ3) is 0.922. The lowest BCUT2D eigenvalue weighted by atomic mass is 10.3. The van der Waals surface area contributed by atoms with Gasteiger partial charge in [-0.2, -0.15) is 4.57 Å². The summed E-state index contributed by atoms with van der Waals surface area (Å²) < 4.78 is 6.45. The molecule has 62 valence electrons. The Morgan fingerprint density at radius 2 is 2.42 bits per heavy atom. The number of aromatic nitrogens is 1. The molecule has 4 heteroatoms. The number of hydrogen-bond donors (Lipinski definition) is 1. The summed E-state index contributed by atoms with van der Waals surface area (Å²) in [7, 11) is 0. The molecule has 0 bridgehead atoms. The highest BCUT2D eigenvalue weighted by molar-refractivity contribution is 5.88. The fraction of sp³-hybridized carbons (Fsp3) is 0.250. The first-order valence-electron chi connectivity index (χ1n) is 3.67. The summed E-state index contributed by atoms with van der Waals surface area (Å²) in [5, 5.41) is 9.31. The van der Waals surface area contributed by atoms with Crippen LogP contribution in [0.3, 0.4) is 0 Å². The van der Waals surface area contributed by atoms with Crippen LogP contribution in [-0.2, 0) is 11.3 Å². The van der Waals surface area contributed by atoms with E-state index in [4.69, 9.17) is 4.74 Å². The van der Waals surface area contributed by atoms with Crippen LogP contribution in [0, 0.1) is 0 Å². The second-order valence-corrected chi connectivity index (χ2v) is 2.57. The van der Waals surface area contributed by atoms with Crippen molar-refractivity contribution >= 4 is 5.97 Å². The Hall–Kier alpha value is -1.58. The smallest absolute Gasteiger partial charge is 0.408 e. The molecule has 0 saturated carbocycles. The summed E-state index contributed by atoms with van der Waals surface area (Å²) in [6.07, 6.45) is 1.75. The summed E-state index contributed by atoms with van der Waals surface area (Å²) in [6.45, 7) is 0.982. The highest BCUT2D eigenvalue weighted by atomic mass is 16.5. The molecule has 0 aromatic carbocycles. The molecule has 0 amide bonds. The van der Waals surface area contributed by atoms with Gasteiger partial charge in [0.15, 0.2) is 25.1 Å². The molecular formula is C8H8NO3+. The Bertz CT molecular complexity index is 335. The summed E-state index contributed by atoms with van der Waals surface area (Å²) in [4.78, 5) is 11.1. The Balaban J connectivity index is 2.60. The number of ether oxygens (including phenoxy) is 1. The van der Waals surface area contributed by atoms with Crippen LogP contribution in [0.25, 0.3) is 0 Å². The van der Waals surface area contributed by atoms with Crippen molar-refractivity contribution in [1.82, 2.24) is 0 Å². The highest BCUT2D eigenvalue weighted by Crippen LogP contribution is 2.14. The summed E-state index contributed by atoms with van der Waals surface area (Å²) >= 11 is 0. The molecule has 1 aromatic heterocycles. The molecule has 0 atom stereocenters. The number of aromatic hydroxyl groups is 1. The van der Waals surface area contributed by atoms with Gasteiger partial charge in [-0.25, -0.2) is 4.79 Å². The lowest BCUT2D eigenvalue weighted by Crippen LogP contribution is -2.46. The van der Waals surface area contributed by atoms with Gasteiger partial charge in [0.2, 0.25) is 0 Å². The minimum Gasteiger partial charge on any atom is -0.502 e. The molecular weight excluding hydrogens is 158 g/mol. The predicted molar refractivity (Wildman–Crippen MR) is 38.6 cm³/mol. The van der Waals surface area contributed by atoms with Crippen molar-refractivity contribution in [2.24, 2.45) is 0 Å². The molecule has 4 nitrogen and oxygen atoms in total. The van der Waals surface area contributed by atoms with Crippen molar-refractivity contribution in [2.45, 2.75) is 6.54 Å². The summed E-state index contributed by atoms with van der Waals surface area (Å²) in [5.74, 6) is -0.485. The van der Waals surface area contributed by atoms with Crippen LogP contribution >= 0.6 is 0 Å². The Kier molecular flexibility index (Phi) is 1.46. The van der Waals surface area contributed by atoms with Crippen molar-refractivity contribution in [3.8, 4) is 5.75 Å². The van der Waals surface area contributed by atoms with Gasteiger partial charge in [0.25, 0.3) is 0 Å². The van der Waals surface area contributed by atoms with Crippen molar-refractivity contribution in [1.29, 1.82) is 0 Å². The number of fused-ring (bicyclic) bond motifs is 1. The molecule has 0 radical (unpaired) electrons. The van der Waals surface area contributed by atoms with Crippen LogP contribution in [0.15, 0.2) is 18.3 Å². The van der Waals surface area contributed by atoms with E-state index < -0.39 is 5.97 Å². The SMILES string of the molecule is O=C1OCC[n+]2cccc(O)c21. The molecule has 0 saturated heterocycles. The first-order chi connectivity index (χ1) is 5.79. The number of hydrogen-bond acceptors (Lipinski definition) is 3. The zero-order valence-corrected chi connectivity index (χ0v) is 6.36. The normalized spacial score (nSPS) is 15.2. The van der Waals surface area contributed by atoms with E-state index in [0.717, 1.165) is 0 Å². The molecule has 0 unspecified atom stereocenters. The third-order valence-electron chi connectivity index (χ3n) is 1.81. The first-order valence-corrected chi connectivity index (χ1v) is 3.67. The van der Waals surface area contributed by atoms with Crippen LogP contribution < -0.4 is 4.57 Å². The lowest BCUT2D eigenvalue weighted by Gasteiger charge is -2.09. The maximum Gasteiger partial charge on any atom is 0.408 e. The quantitative estimate of drug-likeness (QED) is 0.430. The lowest BCUT2D eigenvalue weighted by molar-refractivity contribution is -0.705. The van der Waals surface area contributed by atoms with Gasteiger partial charge in [-0.15, -0.1) is 0 Å². The molecule has 2 rings (SSSR count). The van der Waals surface area contributed by atoms with Crippen molar-refractivity contribution in [3.63, 3.8) is 0 Å². The summed E-state index contributed by atoms with van der Waals surface area (Å²) in [5.41, 5.74) is 0.240. The Labute approximate surface area is 69.0 Å². The van der Waals surface area contributed by atoms with Gasteiger partial charge in [0.1, 0.15) is 0 Å². The Morgan fingerprint density at radius 1 is 1.58 bits per heavy atom. The van der Waals surface area contributed by atoms with Crippen LogP contribution in [0.1, 0.15) is 10.5 Å². The van der Waals surface area contributed by atoms with Gasteiger partial charge in [-0.1, -0.05) is 0 Å². The molecule has 2 heterocycles. The number of carbonyl (C=O) groups excluding carboxylic acids is 1. The number of nitrogens with zero attached hydrogens (tertiary/aromatic N) is 1. The second-order valence-electron chi connectivity index (χ2n) is 2.57. The maximum absolute atomic E-state index is 11.1. The highest BCUT2D eigenvalue weighted by Gasteiger charge is 2.29. The van der Waals surface area contributed by atoms with Gasteiger partial charge in [-0.05, 0) is 6.07 Å². The fourth-order valence-electron chi connectivity index (χ4n) is 1.25. The molecule has 1 N–H and O–H groups in total. The van der Waals surface area contributed by atoms with Gasteiger partial charge < -0.3 is 9.84 Å². The molecule has 12 heavy (non-hydrogen) atoms. The van der Waals surface area contributed by atoms with Crippen molar-refractivity contribution in [3.05, 3.63) is 24.0 Å². The van der Waals surface area contributed by atoms with E-state index in [2.05, 4.69) is 0 Å². The van der Waals surface area contributed by atoms with Gasteiger partial charge in [0, 0.05) is 6.07 Å². The average molecular weight is 166 g/mol. The predicted octanol–water partition coefficient (Wildman–Crippen LogP) is -0.150. The number of rotatable bonds is 0. The van der Waals surface area contributed by atoms with E-state index in [9.17, 15) is 9.90 Å². The van der Waals surface area contributed by atoms with Gasteiger partial charge in [-0.3, -0.25) is 0 Å². The second kappa shape index (κ2) is 2.48. The zero-order chi connectivity index (χ0) is 8.55. The largest absolute Gasteiger partial charge is 0.502 e. The molecule has 0 fully saturated rings. The van der Waals surface area contributed by atoms with Crippen LogP contribution in [0.5, 0.6) is 5.75 Å². The minimum atomic E-state index is -0.459. The fourth-order valence-corrected chi connectivity index (χ4v) is 1.25. The van der Waals surface area contributed by atoms with E-state index in [1.165, 1.54) is 6.07 Å². The van der Waals surface area contributed by atoms with E-state index in [-0.39, 0.29) is 11.4 Å². The van der Waals surface area contributed by atoms with E-state index in [1.54, 1.807) is 16.8 Å². The number of carbonyl (C=O) groups is 1. The molecule has 1 aliphatic heterocycles. The van der Waals surface area contributed by atoms with E-state index in [0.29, 0.717) is 13.2 Å². The van der Waals surface area contributed by atoms with Crippen LogP contribution in [-0.4, -0.2) is 17.7 Å². The monoisotopic (exact) mass is 166 g/mol. The third-order valence-corrected chi connectivity index (χ3v) is 1.81. The maximum atomic E-state index is 11.1. The van der Waals surface area contributed by atoms with Crippen molar-refractivity contribution in [2.75, 3.05) is 6.61 Å². The van der Waals surface area contributed by atoms with Crippen LogP contribution in [0.2, 0.25) is 0 Å². The number of esters is 1. The molecule has 1 aliphatic rings. The molecule has 0 aliphatic carbocycles. The van der Waals surface area contributed by atoms with Gasteiger partial charge in [0.05, 0.1) is 0 Å². The van der Waals surface area contributed by atoms with Gasteiger partial charge >= 0.3 is 11.7 Å². The number of cyclic esters (lactones) is 1. The molecule has 1 aromatic rings. The van der Waals surface area contributed by atoms with Crippen LogP contribution in [0.4, 0.5) is 0 Å². The summed E-state index contributed by atoms with van der Waals surface area (Å²) in [6, 6.07) is 3.16. The van der Waals surface area contributed by atoms with Crippen molar-refractivity contribution < 1.29 is 19.2 Å². The standard InChI is InChI=1S/C8H7NO3/c10-6-2-1-3-9-4-5-12-8(11)7(6)9/h1-3H,4-5H2/p+1. The Morgan fingerprint density at radius 3 is 3.17 bits per heavy atom. The average Bonchev–Trinajstić information content (AvgIpc) is 2.04.